The minimum atomic E-state index is 0.317. The van der Waals surface area contributed by atoms with Crippen LogP contribution in [-0.4, -0.2) is 11.6 Å². The van der Waals surface area contributed by atoms with Crippen LogP contribution in [0.25, 0.3) is 0 Å². The fraction of sp³-hybridized carbons (Fsp3) is 0.389. The number of fused-ring (bicyclic) bond motifs is 1. The van der Waals surface area contributed by atoms with Gasteiger partial charge in [0.25, 0.3) is 0 Å². The molecule has 3 rings (SSSR count). The molecule has 1 aromatic carbocycles. The maximum Gasteiger partial charge on any atom is 0.119 e. The molecule has 0 bridgehead atoms. The standard InChI is InChI=1S/C18H22N2O/c1-2-13-21-16-10-8-15(9-11-16)20-17-7-3-5-14-6-4-12-19-18(14)17/h4,6,8-12,17,20H,2-3,5,7,13H2,1H3. The molecular formula is C18H22N2O. The Kier molecular flexibility index (Phi) is 4.39. The van der Waals surface area contributed by atoms with Crippen molar-refractivity contribution in [3.05, 3.63) is 53.9 Å². The van der Waals surface area contributed by atoms with Gasteiger partial charge in [0.15, 0.2) is 0 Å². The van der Waals surface area contributed by atoms with Crippen LogP contribution in [0.2, 0.25) is 0 Å². The molecule has 2 aromatic rings. The Balaban J connectivity index is 1.70. The maximum atomic E-state index is 5.62. The summed E-state index contributed by atoms with van der Waals surface area (Å²) in [5.74, 6) is 0.935. The second-order valence-corrected chi connectivity index (χ2v) is 5.51. The molecule has 1 aliphatic rings. The summed E-state index contributed by atoms with van der Waals surface area (Å²) in [6, 6.07) is 12.8. The van der Waals surface area contributed by atoms with Gasteiger partial charge < -0.3 is 10.1 Å². The van der Waals surface area contributed by atoms with Gasteiger partial charge in [-0.2, -0.15) is 0 Å². The van der Waals surface area contributed by atoms with E-state index in [4.69, 9.17) is 4.74 Å². The van der Waals surface area contributed by atoms with Crippen molar-refractivity contribution < 1.29 is 4.74 Å². The van der Waals surface area contributed by atoms with Gasteiger partial charge in [0.1, 0.15) is 5.75 Å². The quantitative estimate of drug-likeness (QED) is 0.884. The van der Waals surface area contributed by atoms with Crippen molar-refractivity contribution in [2.45, 2.75) is 38.6 Å². The molecule has 1 heterocycles. The van der Waals surface area contributed by atoms with E-state index in [-0.39, 0.29) is 0 Å². The number of hydrogen-bond donors (Lipinski definition) is 1. The van der Waals surface area contributed by atoms with Crippen molar-refractivity contribution in [2.75, 3.05) is 11.9 Å². The largest absolute Gasteiger partial charge is 0.494 e. The summed E-state index contributed by atoms with van der Waals surface area (Å²) in [5, 5.41) is 3.60. The molecule has 0 saturated carbocycles. The van der Waals surface area contributed by atoms with Crippen molar-refractivity contribution in [3.63, 3.8) is 0 Å². The van der Waals surface area contributed by atoms with Crippen molar-refractivity contribution in [1.82, 2.24) is 4.98 Å². The molecule has 1 atom stereocenters. The third-order valence-corrected chi connectivity index (χ3v) is 3.86. The number of pyridine rings is 1. The second kappa shape index (κ2) is 6.61. The van der Waals surface area contributed by atoms with Gasteiger partial charge in [0, 0.05) is 11.9 Å². The summed E-state index contributed by atoms with van der Waals surface area (Å²) in [4.78, 5) is 4.57. The van der Waals surface area contributed by atoms with Gasteiger partial charge in [-0.1, -0.05) is 13.0 Å². The second-order valence-electron chi connectivity index (χ2n) is 5.51. The number of aromatic nitrogens is 1. The van der Waals surface area contributed by atoms with Crippen LogP contribution in [0.4, 0.5) is 5.69 Å². The van der Waals surface area contributed by atoms with E-state index < -0.39 is 0 Å². The van der Waals surface area contributed by atoms with Crippen LogP contribution in [0.5, 0.6) is 5.75 Å². The van der Waals surface area contributed by atoms with Gasteiger partial charge in [-0.25, -0.2) is 0 Å². The molecule has 1 unspecified atom stereocenters. The van der Waals surface area contributed by atoms with Gasteiger partial charge in [-0.3, -0.25) is 4.98 Å². The van der Waals surface area contributed by atoms with Crippen LogP contribution in [-0.2, 0) is 6.42 Å². The van der Waals surface area contributed by atoms with E-state index in [1.54, 1.807) is 0 Å². The minimum absolute atomic E-state index is 0.317. The lowest BCUT2D eigenvalue weighted by atomic mass is 9.92. The maximum absolute atomic E-state index is 5.62. The van der Waals surface area contributed by atoms with Crippen molar-refractivity contribution in [1.29, 1.82) is 0 Å². The van der Waals surface area contributed by atoms with E-state index in [0.717, 1.165) is 37.3 Å². The minimum Gasteiger partial charge on any atom is -0.494 e. The molecule has 0 aliphatic heterocycles. The monoisotopic (exact) mass is 282 g/mol. The average Bonchev–Trinajstić information content (AvgIpc) is 2.55. The van der Waals surface area contributed by atoms with Crippen LogP contribution < -0.4 is 10.1 Å². The van der Waals surface area contributed by atoms with E-state index in [2.05, 4.69) is 35.4 Å². The van der Waals surface area contributed by atoms with Gasteiger partial charge in [0.05, 0.1) is 18.3 Å². The molecule has 0 radical (unpaired) electrons. The first kappa shape index (κ1) is 13.9. The van der Waals surface area contributed by atoms with Crippen LogP contribution in [0.15, 0.2) is 42.6 Å². The Labute approximate surface area is 126 Å². The third kappa shape index (κ3) is 3.35. The first-order valence-corrected chi connectivity index (χ1v) is 7.80. The topological polar surface area (TPSA) is 34.1 Å². The molecule has 21 heavy (non-hydrogen) atoms. The first-order chi connectivity index (χ1) is 10.4. The molecular weight excluding hydrogens is 260 g/mol. The summed E-state index contributed by atoms with van der Waals surface area (Å²) < 4.78 is 5.62. The summed E-state index contributed by atoms with van der Waals surface area (Å²) >= 11 is 0. The van der Waals surface area contributed by atoms with Crippen LogP contribution in [0, 0.1) is 0 Å². The highest BCUT2D eigenvalue weighted by Gasteiger charge is 2.20. The average molecular weight is 282 g/mol. The van der Waals surface area contributed by atoms with E-state index >= 15 is 0 Å². The highest BCUT2D eigenvalue weighted by Crippen LogP contribution is 2.31. The normalized spacial score (nSPS) is 17.1. The van der Waals surface area contributed by atoms with Crippen LogP contribution in [0.3, 0.4) is 0 Å². The van der Waals surface area contributed by atoms with Gasteiger partial charge in [-0.05, 0) is 61.6 Å². The number of rotatable bonds is 5. The Morgan fingerprint density at radius 1 is 1.24 bits per heavy atom. The zero-order valence-corrected chi connectivity index (χ0v) is 12.5. The number of hydrogen-bond acceptors (Lipinski definition) is 3. The van der Waals surface area contributed by atoms with Crippen molar-refractivity contribution >= 4 is 5.69 Å². The molecule has 0 amide bonds. The predicted octanol–water partition coefficient (Wildman–Crippen LogP) is 4.36. The smallest absolute Gasteiger partial charge is 0.119 e. The zero-order valence-electron chi connectivity index (χ0n) is 12.5. The lowest BCUT2D eigenvalue weighted by Gasteiger charge is -2.26. The number of nitrogens with one attached hydrogen (secondary N) is 1. The lowest BCUT2D eigenvalue weighted by molar-refractivity contribution is 0.317. The fourth-order valence-electron chi connectivity index (χ4n) is 2.82. The molecule has 110 valence electrons. The molecule has 1 aliphatic carbocycles. The number of benzene rings is 1. The van der Waals surface area contributed by atoms with Crippen LogP contribution in [0.1, 0.15) is 43.5 Å². The molecule has 0 saturated heterocycles. The predicted molar refractivity (Wildman–Crippen MR) is 85.8 cm³/mol. The molecule has 3 heteroatoms. The van der Waals surface area contributed by atoms with Gasteiger partial charge in [-0.15, -0.1) is 0 Å². The van der Waals surface area contributed by atoms with Crippen molar-refractivity contribution in [3.8, 4) is 5.75 Å². The van der Waals surface area contributed by atoms with Gasteiger partial charge in [0.2, 0.25) is 0 Å². The van der Waals surface area contributed by atoms with Gasteiger partial charge >= 0.3 is 0 Å². The molecule has 0 spiro atoms. The Bertz CT molecular complexity index is 580. The fourth-order valence-corrected chi connectivity index (χ4v) is 2.82. The summed E-state index contributed by atoms with van der Waals surface area (Å²) in [6.45, 7) is 2.89. The Morgan fingerprint density at radius 2 is 2.10 bits per heavy atom. The first-order valence-electron chi connectivity index (χ1n) is 7.80. The summed E-state index contributed by atoms with van der Waals surface area (Å²) in [7, 11) is 0. The van der Waals surface area contributed by atoms with E-state index in [1.807, 2.05) is 24.4 Å². The van der Waals surface area contributed by atoms with E-state index in [1.165, 1.54) is 17.7 Å². The molecule has 3 nitrogen and oxygen atoms in total. The summed E-state index contributed by atoms with van der Waals surface area (Å²) in [6.07, 6.45) is 6.42. The summed E-state index contributed by atoms with van der Waals surface area (Å²) in [5.41, 5.74) is 3.71. The molecule has 1 aromatic heterocycles. The molecule has 1 N–H and O–H groups in total. The van der Waals surface area contributed by atoms with E-state index in [0.29, 0.717) is 6.04 Å². The Morgan fingerprint density at radius 3 is 2.90 bits per heavy atom. The number of anilines is 1. The molecule has 0 fully saturated rings. The zero-order chi connectivity index (χ0) is 14.5. The van der Waals surface area contributed by atoms with Crippen LogP contribution >= 0.6 is 0 Å². The number of ether oxygens (including phenoxy) is 1. The lowest BCUT2D eigenvalue weighted by Crippen LogP contribution is -2.18. The number of nitrogens with zero attached hydrogens (tertiary/aromatic N) is 1. The van der Waals surface area contributed by atoms with Crippen molar-refractivity contribution in [2.24, 2.45) is 0 Å². The highest BCUT2D eigenvalue weighted by atomic mass is 16.5. The SMILES string of the molecule is CCCOc1ccc(NC2CCCc3cccnc32)cc1. The Hall–Kier alpha value is -2.03. The highest BCUT2D eigenvalue weighted by molar-refractivity contribution is 5.48. The third-order valence-electron chi connectivity index (χ3n) is 3.86. The number of aryl methyl sites for hydroxylation is 1. The van der Waals surface area contributed by atoms with E-state index in [9.17, 15) is 0 Å².